The topological polar surface area (TPSA) is 52.5 Å². The number of amides is 1. The number of rotatable bonds is 7. The summed E-state index contributed by atoms with van der Waals surface area (Å²) < 4.78 is 13.4. The highest BCUT2D eigenvalue weighted by molar-refractivity contribution is 5.87. The molecule has 5 heteroatoms. The van der Waals surface area contributed by atoms with Gasteiger partial charge in [0.1, 0.15) is 0 Å². The molecule has 3 aromatic carbocycles. The first-order chi connectivity index (χ1) is 16.1. The Morgan fingerprint density at radius 2 is 1.73 bits per heavy atom. The average Bonchev–Trinajstić information content (AvgIpc) is 3.47. The first kappa shape index (κ1) is 21.1. The number of fused-ring (bicyclic) bond motifs is 2. The summed E-state index contributed by atoms with van der Waals surface area (Å²) in [6.45, 7) is 5.26. The predicted octanol–water partition coefficient (Wildman–Crippen LogP) is 5.79. The number of nitrogens with zero attached hydrogens (tertiary/aromatic N) is 1. The van der Waals surface area contributed by atoms with Crippen LogP contribution in [0, 0.1) is 0 Å². The van der Waals surface area contributed by atoms with Gasteiger partial charge in [-0.25, -0.2) is 0 Å². The molecular weight excluding hydrogens is 412 g/mol. The quantitative estimate of drug-likeness (QED) is 0.396. The summed E-state index contributed by atoms with van der Waals surface area (Å²) in [4.78, 5) is 13.3. The zero-order valence-electron chi connectivity index (χ0n) is 19.0. The molecule has 33 heavy (non-hydrogen) atoms. The molecule has 0 saturated heterocycles. The molecule has 0 fully saturated rings. The maximum atomic E-state index is 13.3. The van der Waals surface area contributed by atoms with E-state index in [9.17, 15) is 4.79 Å². The highest BCUT2D eigenvalue weighted by atomic mass is 16.7. The summed E-state index contributed by atoms with van der Waals surface area (Å²) in [7, 11) is 0. The molecule has 0 radical (unpaired) electrons. The fourth-order valence-electron chi connectivity index (χ4n) is 4.66. The number of benzene rings is 3. The summed E-state index contributed by atoms with van der Waals surface area (Å²) in [6.07, 6.45) is 2.53. The molecule has 0 aliphatic carbocycles. The van der Waals surface area contributed by atoms with Crippen molar-refractivity contribution in [1.29, 1.82) is 0 Å². The second-order valence-corrected chi connectivity index (χ2v) is 8.46. The zero-order chi connectivity index (χ0) is 22.8. The van der Waals surface area contributed by atoms with E-state index in [0.29, 0.717) is 6.42 Å². The van der Waals surface area contributed by atoms with Gasteiger partial charge in [-0.1, -0.05) is 54.6 Å². The van der Waals surface area contributed by atoms with Crippen molar-refractivity contribution in [3.8, 4) is 11.5 Å². The van der Waals surface area contributed by atoms with Gasteiger partial charge in [0.05, 0.1) is 6.04 Å². The number of hydrogen-bond donors (Lipinski definition) is 1. The third kappa shape index (κ3) is 4.19. The van der Waals surface area contributed by atoms with E-state index in [-0.39, 0.29) is 24.7 Å². The zero-order valence-corrected chi connectivity index (χ0v) is 19.0. The molecule has 1 aliphatic rings. The van der Waals surface area contributed by atoms with Gasteiger partial charge in [-0.05, 0) is 48.7 Å². The number of ether oxygens (including phenoxy) is 2. The normalized spacial score (nSPS) is 14.2. The second-order valence-electron chi connectivity index (χ2n) is 8.46. The molecule has 2 heterocycles. The van der Waals surface area contributed by atoms with Crippen LogP contribution in [-0.4, -0.2) is 17.3 Å². The Hall–Kier alpha value is -3.73. The first-order valence-electron chi connectivity index (χ1n) is 11.5. The number of hydrogen-bond acceptors (Lipinski definition) is 3. The fourth-order valence-corrected chi connectivity index (χ4v) is 4.66. The Bertz CT molecular complexity index is 1280. The monoisotopic (exact) mass is 440 g/mol. The van der Waals surface area contributed by atoms with Gasteiger partial charge in [0, 0.05) is 36.0 Å². The molecule has 168 valence electrons. The standard InChI is InChI=1S/C28H28N2O3/c1-3-30-17-24(22-11-7-8-12-25(22)30)23(21-13-14-26-27(15-21)33-18-32-26)16-28(31)29-19(2)20-9-5-4-6-10-20/h4-15,17,19,23H,3,16,18H2,1-2H3,(H,29,31)/t19-,23-/m0/s1. The van der Waals surface area contributed by atoms with E-state index >= 15 is 0 Å². The van der Waals surface area contributed by atoms with Gasteiger partial charge in [0.15, 0.2) is 11.5 Å². The van der Waals surface area contributed by atoms with Crippen molar-refractivity contribution in [2.45, 2.75) is 38.8 Å². The van der Waals surface area contributed by atoms with E-state index in [1.807, 2.05) is 55.5 Å². The van der Waals surface area contributed by atoms with Crippen molar-refractivity contribution < 1.29 is 14.3 Å². The molecule has 0 unspecified atom stereocenters. The highest BCUT2D eigenvalue weighted by Gasteiger charge is 2.25. The number of carbonyl (C=O) groups is 1. The van der Waals surface area contributed by atoms with Crippen LogP contribution in [0.4, 0.5) is 0 Å². The molecule has 1 N–H and O–H groups in total. The van der Waals surface area contributed by atoms with Crippen molar-refractivity contribution in [2.75, 3.05) is 6.79 Å². The summed E-state index contributed by atoms with van der Waals surface area (Å²) in [5.41, 5.74) is 4.46. The Balaban J connectivity index is 1.51. The number of carbonyl (C=O) groups excluding carboxylic acids is 1. The largest absolute Gasteiger partial charge is 0.454 e. The summed E-state index contributed by atoms with van der Waals surface area (Å²) in [5, 5.41) is 4.36. The van der Waals surface area contributed by atoms with Crippen LogP contribution >= 0.6 is 0 Å². The molecule has 0 saturated carbocycles. The summed E-state index contributed by atoms with van der Waals surface area (Å²) in [6, 6.07) is 24.4. The van der Waals surface area contributed by atoms with Crippen LogP contribution in [0.2, 0.25) is 0 Å². The maximum absolute atomic E-state index is 13.3. The average molecular weight is 441 g/mol. The van der Waals surface area contributed by atoms with Gasteiger partial charge >= 0.3 is 0 Å². The number of nitrogens with one attached hydrogen (secondary N) is 1. The molecule has 0 bridgehead atoms. The van der Waals surface area contributed by atoms with Gasteiger partial charge in [-0.3, -0.25) is 4.79 Å². The minimum Gasteiger partial charge on any atom is -0.454 e. The van der Waals surface area contributed by atoms with Crippen molar-refractivity contribution in [3.63, 3.8) is 0 Å². The Kier molecular flexibility index (Phi) is 5.78. The Labute approximate surface area is 193 Å². The minimum atomic E-state index is -0.111. The van der Waals surface area contributed by atoms with Gasteiger partial charge in [0.25, 0.3) is 0 Å². The van der Waals surface area contributed by atoms with Gasteiger partial charge in [0.2, 0.25) is 12.7 Å². The van der Waals surface area contributed by atoms with E-state index in [1.54, 1.807) is 0 Å². The number of aryl methyl sites for hydroxylation is 1. The highest BCUT2D eigenvalue weighted by Crippen LogP contribution is 2.40. The van der Waals surface area contributed by atoms with Crippen LogP contribution < -0.4 is 14.8 Å². The third-order valence-electron chi connectivity index (χ3n) is 6.40. The second kappa shape index (κ2) is 9.02. The maximum Gasteiger partial charge on any atom is 0.231 e. The van der Waals surface area contributed by atoms with Crippen molar-refractivity contribution in [3.05, 3.63) is 95.7 Å². The van der Waals surface area contributed by atoms with Gasteiger partial charge in [-0.2, -0.15) is 0 Å². The lowest BCUT2D eigenvalue weighted by Gasteiger charge is -2.20. The number of para-hydroxylation sites is 1. The van der Waals surface area contributed by atoms with Crippen molar-refractivity contribution >= 4 is 16.8 Å². The van der Waals surface area contributed by atoms with Crippen LogP contribution in [0.3, 0.4) is 0 Å². The summed E-state index contributed by atoms with van der Waals surface area (Å²) in [5.74, 6) is 1.38. The van der Waals surface area contributed by atoms with Crippen LogP contribution in [0.5, 0.6) is 11.5 Å². The van der Waals surface area contributed by atoms with E-state index in [1.165, 1.54) is 10.9 Å². The Morgan fingerprint density at radius 3 is 2.55 bits per heavy atom. The molecular formula is C28H28N2O3. The van der Waals surface area contributed by atoms with Crippen LogP contribution in [0.25, 0.3) is 10.9 Å². The van der Waals surface area contributed by atoms with E-state index in [2.05, 4.69) is 47.3 Å². The smallest absolute Gasteiger partial charge is 0.231 e. The number of aromatic nitrogens is 1. The van der Waals surface area contributed by atoms with Crippen LogP contribution in [-0.2, 0) is 11.3 Å². The van der Waals surface area contributed by atoms with Crippen LogP contribution in [0.1, 0.15) is 48.9 Å². The third-order valence-corrected chi connectivity index (χ3v) is 6.40. The lowest BCUT2D eigenvalue weighted by atomic mass is 9.87. The van der Waals surface area contributed by atoms with Crippen molar-refractivity contribution in [2.24, 2.45) is 0 Å². The van der Waals surface area contributed by atoms with E-state index in [4.69, 9.17) is 9.47 Å². The first-order valence-corrected chi connectivity index (χ1v) is 11.5. The molecule has 1 amide bonds. The lowest BCUT2D eigenvalue weighted by molar-refractivity contribution is -0.121. The van der Waals surface area contributed by atoms with Gasteiger partial charge < -0.3 is 19.4 Å². The predicted molar refractivity (Wildman–Crippen MR) is 130 cm³/mol. The molecule has 1 aliphatic heterocycles. The summed E-state index contributed by atoms with van der Waals surface area (Å²) >= 11 is 0. The molecule has 4 aromatic rings. The molecule has 0 spiro atoms. The fraction of sp³-hybridized carbons (Fsp3) is 0.250. The minimum absolute atomic E-state index is 0.0161. The van der Waals surface area contributed by atoms with Gasteiger partial charge in [-0.15, -0.1) is 0 Å². The van der Waals surface area contributed by atoms with Crippen molar-refractivity contribution in [1.82, 2.24) is 9.88 Å². The van der Waals surface area contributed by atoms with E-state index < -0.39 is 0 Å². The molecule has 1 aromatic heterocycles. The lowest BCUT2D eigenvalue weighted by Crippen LogP contribution is -2.28. The molecule has 5 rings (SSSR count). The molecule has 5 nitrogen and oxygen atoms in total. The van der Waals surface area contributed by atoms with Crippen LogP contribution in [0.15, 0.2) is 79.0 Å². The Morgan fingerprint density at radius 1 is 0.970 bits per heavy atom. The van der Waals surface area contributed by atoms with E-state index in [0.717, 1.165) is 34.7 Å². The molecule has 2 atom stereocenters. The SMILES string of the molecule is CCn1cc([C@@H](CC(=O)N[C@@H](C)c2ccccc2)c2ccc3c(c2)OCO3)c2ccccc21.